The number of carbonyl (C=O) groups excluding carboxylic acids is 2. The molecule has 0 spiro atoms. The van der Waals surface area contributed by atoms with E-state index in [1.54, 1.807) is 33.8 Å². The van der Waals surface area contributed by atoms with Crippen LogP contribution in [0.25, 0.3) is 0 Å². The van der Waals surface area contributed by atoms with Crippen molar-refractivity contribution < 1.29 is 24.2 Å². The molecule has 0 saturated carbocycles. The number of ketones is 1. The van der Waals surface area contributed by atoms with Crippen LogP contribution in [0.4, 0.5) is 9.59 Å². The molecule has 0 aliphatic carbocycles. The van der Waals surface area contributed by atoms with Crippen molar-refractivity contribution in [3.05, 3.63) is 34.9 Å². The summed E-state index contributed by atoms with van der Waals surface area (Å²) in [5, 5.41) is 14.8. The van der Waals surface area contributed by atoms with Crippen molar-refractivity contribution in [2.75, 3.05) is 20.1 Å². The lowest BCUT2D eigenvalue weighted by molar-refractivity contribution is 0.0302. The van der Waals surface area contributed by atoms with Crippen LogP contribution in [0.1, 0.15) is 82.3 Å². The van der Waals surface area contributed by atoms with Crippen molar-refractivity contribution >= 4 is 23.7 Å². The van der Waals surface area contributed by atoms with Gasteiger partial charge in [0, 0.05) is 37.3 Å². The zero-order valence-corrected chi connectivity index (χ0v) is 21.1. The molecule has 1 atom stereocenters. The van der Waals surface area contributed by atoms with Crippen LogP contribution < -0.4 is 0 Å². The number of carboxylic acid groups (broad SMARTS) is 1. The van der Waals surface area contributed by atoms with E-state index >= 15 is 0 Å². The maximum absolute atomic E-state index is 12.9. The number of ether oxygens (including phenoxy) is 1. The summed E-state index contributed by atoms with van der Waals surface area (Å²) in [4.78, 5) is 38.2. The molecule has 8 nitrogen and oxygen atoms in total. The predicted molar refractivity (Wildman–Crippen MR) is 128 cm³/mol. The minimum absolute atomic E-state index is 0.0287. The number of benzene rings is 1. The molecular formula is C25H37N3O5. The van der Waals surface area contributed by atoms with E-state index in [0.29, 0.717) is 30.8 Å². The third-order valence-corrected chi connectivity index (χ3v) is 5.61. The van der Waals surface area contributed by atoms with Gasteiger partial charge in [-0.25, -0.2) is 14.6 Å². The number of nitrogens with zero attached hydrogens (tertiary/aromatic N) is 3. The monoisotopic (exact) mass is 459 g/mol. The zero-order chi connectivity index (χ0) is 25.1. The third-order valence-electron chi connectivity index (χ3n) is 5.61. The van der Waals surface area contributed by atoms with E-state index in [0.717, 1.165) is 16.1 Å². The van der Waals surface area contributed by atoms with Crippen LogP contribution in [0.5, 0.6) is 0 Å². The van der Waals surface area contributed by atoms with Crippen LogP contribution in [-0.2, 0) is 11.2 Å². The largest absolute Gasteiger partial charge is 0.465 e. The molecule has 2 amide bonds. The van der Waals surface area contributed by atoms with Crippen LogP contribution in [0, 0.1) is 5.41 Å². The fourth-order valence-electron chi connectivity index (χ4n) is 3.91. The number of hydrazone groups is 1. The lowest BCUT2D eigenvalue weighted by Gasteiger charge is -2.33. The number of hydrogen-bond donors (Lipinski definition) is 1. The first-order valence-electron chi connectivity index (χ1n) is 11.2. The van der Waals surface area contributed by atoms with E-state index < -0.39 is 17.8 Å². The minimum Gasteiger partial charge on any atom is -0.465 e. The van der Waals surface area contributed by atoms with Crippen molar-refractivity contribution in [2.45, 2.75) is 72.8 Å². The van der Waals surface area contributed by atoms with Crippen molar-refractivity contribution in [1.29, 1.82) is 0 Å². The van der Waals surface area contributed by atoms with E-state index in [9.17, 15) is 19.5 Å². The van der Waals surface area contributed by atoms with Gasteiger partial charge in [-0.1, -0.05) is 32.9 Å². The average Bonchev–Trinajstić information content (AvgIpc) is 2.85. The summed E-state index contributed by atoms with van der Waals surface area (Å²) in [6, 6.07) is 5.65. The molecule has 0 saturated heterocycles. The van der Waals surface area contributed by atoms with Gasteiger partial charge in [0.2, 0.25) is 0 Å². The number of rotatable bonds is 4. The van der Waals surface area contributed by atoms with Gasteiger partial charge in [0.25, 0.3) is 0 Å². The maximum Gasteiger partial charge on any atom is 0.430 e. The molecule has 0 fully saturated rings. The van der Waals surface area contributed by atoms with E-state index in [1.807, 2.05) is 12.1 Å². The molecule has 1 aromatic rings. The van der Waals surface area contributed by atoms with Crippen molar-refractivity contribution in [3.8, 4) is 0 Å². The molecule has 0 aromatic heterocycles. The highest BCUT2D eigenvalue weighted by molar-refractivity contribution is 6.09. The first kappa shape index (κ1) is 26.4. The van der Waals surface area contributed by atoms with Crippen molar-refractivity contribution in [3.63, 3.8) is 0 Å². The molecule has 8 heteroatoms. The second-order valence-electron chi connectivity index (χ2n) is 10.7. The fraction of sp³-hybridized carbons (Fsp3) is 0.600. The summed E-state index contributed by atoms with van der Waals surface area (Å²) in [7, 11) is 1.49. The maximum atomic E-state index is 12.9. The Morgan fingerprint density at radius 2 is 1.82 bits per heavy atom. The quantitative estimate of drug-likeness (QED) is 0.380. The Morgan fingerprint density at radius 3 is 2.36 bits per heavy atom. The van der Waals surface area contributed by atoms with Gasteiger partial charge in [0.1, 0.15) is 5.60 Å². The lowest BCUT2D eigenvalue weighted by atomic mass is 9.74. The molecular weight excluding hydrogens is 422 g/mol. The Bertz CT molecular complexity index is 940. The van der Waals surface area contributed by atoms with Gasteiger partial charge in [-0.2, -0.15) is 5.10 Å². The average molecular weight is 460 g/mol. The lowest BCUT2D eigenvalue weighted by Crippen LogP contribution is -2.36. The number of hydrogen-bond acceptors (Lipinski definition) is 5. The molecule has 0 bridgehead atoms. The number of fused-ring (bicyclic) bond motifs is 1. The smallest absolute Gasteiger partial charge is 0.430 e. The van der Waals surface area contributed by atoms with Gasteiger partial charge in [-0.05, 0) is 56.7 Å². The van der Waals surface area contributed by atoms with Crippen LogP contribution in [0.3, 0.4) is 0 Å². The molecule has 0 radical (unpaired) electrons. The summed E-state index contributed by atoms with van der Waals surface area (Å²) in [5.74, 6) is -0.0793. The predicted octanol–water partition coefficient (Wildman–Crippen LogP) is 5.17. The molecule has 182 valence electrons. The highest BCUT2D eigenvalue weighted by Gasteiger charge is 2.34. The molecule has 1 aromatic carbocycles. The number of amides is 2. The SMILES string of the molecule is CC(CC(=O)c1ccc2c(c1)CCN(C(=O)O)CC2C(C)(C)C)=NN(C)C(=O)OC(C)(C)C. The Morgan fingerprint density at radius 1 is 1.18 bits per heavy atom. The van der Waals surface area contributed by atoms with Gasteiger partial charge < -0.3 is 14.7 Å². The second-order valence-corrected chi connectivity index (χ2v) is 10.7. The van der Waals surface area contributed by atoms with Gasteiger partial charge in [0.15, 0.2) is 5.78 Å². The van der Waals surface area contributed by atoms with Crippen LogP contribution in [-0.4, -0.2) is 64.4 Å². The molecule has 33 heavy (non-hydrogen) atoms. The van der Waals surface area contributed by atoms with E-state index in [4.69, 9.17) is 4.74 Å². The van der Waals surface area contributed by atoms with Crippen LogP contribution >= 0.6 is 0 Å². The summed E-state index contributed by atoms with van der Waals surface area (Å²) < 4.78 is 5.28. The minimum atomic E-state index is -0.922. The van der Waals surface area contributed by atoms with Gasteiger partial charge in [-0.15, -0.1) is 0 Å². The standard InChI is InChI=1S/C25H37N3O5/c1-16(26-27(8)23(32)33-25(5,6)7)13-21(29)18-9-10-19-17(14-18)11-12-28(22(30)31)15-20(19)24(2,3)4/h9-10,14,20H,11-13,15H2,1-8H3,(H,30,31). The Labute approximate surface area is 196 Å². The van der Waals surface area contributed by atoms with Crippen LogP contribution in [0.15, 0.2) is 23.3 Å². The van der Waals surface area contributed by atoms with Gasteiger partial charge in [-0.3, -0.25) is 4.79 Å². The second kappa shape index (κ2) is 9.93. The first-order chi connectivity index (χ1) is 15.1. The highest BCUT2D eigenvalue weighted by atomic mass is 16.6. The Balaban J connectivity index is 2.22. The summed E-state index contributed by atoms with van der Waals surface area (Å²) in [6.07, 6.45) is -0.885. The number of carbonyl (C=O) groups is 3. The summed E-state index contributed by atoms with van der Waals surface area (Å²) >= 11 is 0. The Kier molecular flexibility index (Phi) is 7.93. The molecule has 1 aliphatic rings. The molecule has 2 rings (SSSR count). The molecule has 1 heterocycles. The zero-order valence-electron chi connectivity index (χ0n) is 21.1. The Hall–Kier alpha value is -2.90. The van der Waals surface area contributed by atoms with Crippen LogP contribution in [0.2, 0.25) is 0 Å². The summed E-state index contributed by atoms with van der Waals surface area (Å²) in [5.41, 5.74) is 2.39. The number of Topliss-reactive ketones (excluding diaryl/α,β-unsaturated/α-hetero) is 1. The topological polar surface area (TPSA) is 99.5 Å². The van der Waals surface area contributed by atoms with Crippen molar-refractivity contribution in [1.82, 2.24) is 9.91 Å². The molecule has 1 N–H and O–H groups in total. The van der Waals surface area contributed by atoms with E-state index in [2.05, 4.69) is 25.9 Å². The van der Waals surface area contributed by atoms with E-state index in [1.165, 1.54) is 11.9 Å². The summed E-state index contributed by atoms with van der Waals surface area (Å²) in [6.45, 7) is 14.2. The normalized spacial score (nSPS) is 17.2. The fourth-order valence-corrected chi connectivity index (χ4v) is 3.91. The first-order valence-corrected chi connectivity index (χ1v) is 11.2. The molecule has 1 aliphatic heterocycles. The van der Waals surface area contributed by atoms with Gasteiger partial charge >= 0.3 is 12.2 Å². The van der Waals surface area contributed by atoms with E-state index in [-0.39, 0.29) is 23.5 Å². The molecule has 1 unspecified atom stereocenters. The van der Waals surface area contributed by atoms with Crippen molar-refractivity contribution in [2.24, 2.45) is 10.5 Å². The highest BCUT2D eigenvalue weighted by Crippen LogP contribution is 2.39. The third kappa shape index (κ3) is 7.30. The van der Waals surface area contributed by atoms with Gasteiger partial charge in [0.05, 0.1) is 6.42 Å².